The molecule has 2 rings (SSSR count). The minimum absolute atomic E-state index is 0. The van der Waals surface area contributed by atoms with Crippen LogP contribution in [0.5, 0.6) is 0 Å². The summed E-state index contributed by atoms with van der Waals surface area (Å²) in [5, 5.41) is 0. The molecule has 0 aliphatic carbocycles. The molecule has 1 saturated heterocycles. The largest absolute Gasteiger partial charge is 0.326 e. The Morgan fingerprint density at radius 2 is 1.91 bits per heavy atom. The quantitative estimate of drug-likeness (QED) is 0.891. The van der Waals surface area contributed by atoms with E-state index in [1.165, 1.54) is 5.56 Å². The average Bonchev–Trinajstić information content (AvgIpc) is 2.48. The third-order valence-electron chi connectivity index (χ3n) is 4.17. The van der Waals surface area contributed by atoms with Crippen molar-refractivity contribution < 1.29 is 8.42 Å². The van der Waals surface area contributed by atoms with Gasteiger partial charge in [-0.25, -0.2) is 8.42 Å². The molecule has 1 aliphatic rings. The Bertz CT molecular complexity index is 558. The molecule has 0 spiro atoms. The monoisotopic (exact) mass is 346 g/mol. The minimum Gasteiger partial charge on any atom is -0.326 e. The van der Waals surface area contributed by atoms with Gasteiger partial charge in [0.1, 0.15) is 0 Å². The fourth-order valence-electron chi connectivity index (χ4n) is 3.01. The molecule has 0 aromatic heterocycles. The van der Waals surface area contributed by atoms with Crippen molar-refractivity contribution in [1.29, 1.82) is 0 Å². The van der Waals surface area contributed by atoms with Crippen LogP contribution in [0.2, 0.25) is 0 Å². The lowest BCUT2D eigenvalue weighted by Gasteiger charge is -2.36. The van der Waals surface area contributed by atoms with Gasteiger partial charge in [-0.05, 0) is 43.9 Å². The standard InChI is InChI=1S/C16H26N2O2S.ClH/c1-3-6-14-8-10-15(11-9-14)21(19,20)18-12-5-4-7-16(18)13(2)17;/h8-11,13,16H,3-7,12,17H2,1-2H3;1H. The number of hydrogen-bond donors (Lipinski definition) is 1. The second kappa shape index (κ2) is 8.29. The lowest BCUT2D eigenvalue weighted by molar-refractivity contribution is 0.227. The molecular weight excluding hydrogens is 320 g/mol. The molecule has 1 aromatic rings. The van der Waals surface area contributed by atoms with Crippen molar-refractivity contribution in [3.8, 4) is 0 Å². The predicted octanol–water partition coefficient (Wildman–Crippen LogP) is 2.95. The van der Waals surface area contributed by atoms with Crippen molar-refractivity contribution >= 4 is 22.4 Å². The minimum atomic E-state index is -3.43. The average molecular weight is 347 g/mol. The molecule has 1 heterocycles. The third-order valence-corrected chi connectivity index (χ3v) is 6.11. The number of aryl methyl sites for hydroxylation is 1. The van der Waals surface area contributed by atoms with Gasteiger partial charge in [0.25, 0.3) is 0 Å². The maximum atomic E-state index is 12.8. The van der Waals surface area contributed by atoms with Crippen molar-refractivity contribution in [1.82, 2.24) is 4.31 Å². The van der Waals surface area contributed by atoms with Gasteiger partial charge < -0.3 is 5.73 Å². The number of benzene rings is 1. The van der Waals surface area contributed by atoms with Gasteiger partial charge in [0, 0.05) is 18.6 Å². The predicted molar refractivity (Wildman–Crippen MR) is 92.9 cm³/mol. The van der Waals surface area contributed by atoms with Crippen LogP contribution in [0, 0.1) is 0 Å². The van der Waals surface area contributed by atoms with E-state index >= 15 is 0 Å². The van der Waals surface area contributed by atoms with E-state index in [1.54, 1.807) is 16.4 Å². The Morgan fingerprint density at radius 1 is 1.27 bits per heavy atom. The van der Waals surface area contributed by atoms with E-state index < -0.39 is 10.0 Å². The number of hydrogen-bond acceptors (Lipinski definition) is 3. The molecule has 1 aliphatic heterocycles. The summed E-state index contributed by atoms with van der Waals surface area (Å²) in [6.45, 7) is 4.58. The molecule has 0 saturated carbocycles. The number of piperidine rings is 1. The highest BCUT2D eigenvalue weighted by Crippen LogP contribution is 2.26. The van der Waals surface area contributed by atoms with Crippen molar-refractivity contribution in [3.63, 3.8) is 0 Å². The van der Waals surface area contributed by atoms with E-state index in [0.29, 0.717) is 11.4 Å². The molecule has 6 heteroatoms. The second-order valence-electron chi connectivity index (χ2n) is 5.93. The maximum Gasteiger partial charge on any atom is 0.243 e. The van der Waals surface area contributed by atoms with E-state index in [-0.39, 0.29) is 24.5 Å². The first-order chi connectivity index (χ1) is 9.96. The van der Waals surface area contributed by atoms with E-state index in [9.17, 15) is 8.42 Å². The summed E-state index contributed by atoms with van der Waals surface area (Å²) in [6, 6.07) is 7.07. The zero-order valence-corrected chi connectivity index (χ0v) is 15.0. The van der Waals surface area contributed by atoms with Crippen LogP contribution in [0.25, 0.3) is 0 Å². The highest BCUT2D eigenvalue weighted by atomic mass is 35.5. The van der Waals surface area contributed by atoms with Crippen LogP contribution in [-0.4, -0.2) is 31.4 Å². The Hall–Kier alpha value is -0.620. The normalized spacial score (nSPS) is 21.1. The van der Waals surface area contributed by atoms with Gasteiger partial charge in [0.15, 0.2) is 0 Å². The summed E-state index contributed by atoms with van der Waals surface area (Å²) in [5.41, 5.74) is 7.17. The lowest BCUT2D eigenvalue weighted by Crippen LogP contribution is -2.51. The van der Waals surface area contributed by atoms with Crippen LogP contribution in [0.3, 0.4) is 0 Å². The van der Waals surface area contributed by atoms with Crippen molar-refractivity contribution in [3.05, 3.63) is 29.8 Å². The van der Waals surface area contributed by atoms with Crippen LogP contribution in [0.4, 0.5) is 0 Å². The lowest BCUT2D eigenvalue weighted by atomic mass is 10.00. The molecule has 22 heavy (non-hydrogen) atoms. The van der Waals surface area contributed by atoms with Gasteiger partial charge in [-0.15, -0.1) is 12.4 Å². The zero-order chi connectivity index (χ0) is 15.5. The Labute approximate surface area is 140 Å². The van der Waals surface area contributed by atoms with Crippen LogP contribution < -0.4 is 5.73 Å². The number of sulfonamides is 1. The summed E-state index contributed by atoms with van der Waals surface area (Å²) in [5.74, 6) is 0. The Morgan fingerprint density at radius 3 is 2.45 bits per heavy atom. The molecule has 2 atom stereocenters. The van der Waals surface area contributed by atoms with E-state index in [2.05, 4.69) is 6.92 Å². The molecule has 4 nitrogen and oxygen atoms in total. The first kappa shape index (κ1) is 19.4. The molecule has 2 N–H and O–H groups in total. The number of rotatable bonds is 5. The van der Waals surface area contributed by atoms with E-state index in [4.69, 9.17) is 5.73 Å². The molecule has 0 bridgehead atoms. The topological polar surface area (TPSA) is 63.4 Å². The zero-order valence-electron chi connectivity index (χ0n) is 13.4. The van der Waals surface area contributed by atoms with Crippen LogP contribution in [0.15, 0.2) is 29.2 Å². The smallest absolute Gasteiger partial charge is 0.243 e. The first-order valence-corrected chi connectivity index (χ1v) is 9.27. The molecule has 0 radical (unpaired) electrons. The highest BCUT2D eigenvalue weighted by Gasteiger charge is 2.35. The molecule has 126 valence electrons. The fourth-order valence-corrected chi connectivity index (χ4v) is 4.78. The van der Waals surface area contributed by atoms with Gasteiger partial charge in [-0.2, -0.15) is 4.31 Å². The maximum absolute atomic E-state index is 12.8. The number of halogens is 1. The summed E-state index contributed by atoms with van der Waals surface area (Å²) in [4.78, 5) is 0.384. The van der Waals surface area contributed by atoms with Gasteiger partial charge in [-0.3, -0.25) is 0 Å². The first-order valence-electron chi connectivity index (χ1n) is 7.83. The van der Waals surface area contributed by atoms with Crippen LogP contribution in [-0.2, 0) is 16.4 Å². The molecule has 1 fully saturated rings. The fraction of sp³-hybridized carbons (Fsp3) is 0.625. The Balaban J connectivity index is 0.00000242. The molecular formula is C16H27ClN2O2S. The molecule has 1 aromatic carbocycles. The summed E-state index contributed by atoms with van der Waals surface area (Å²) < 4.78 is 27.3. The SMILES string of the molecule is CCCc1ccc(S(=O)(=O)N2CCCCC2C(C)N)cc1.Cl. The summed E-state index contributed by atoms with van der Waals surface area (Å²) in [7, 11) is -3.43. The van der Waals surface area contributed by atoms with Crippen LogP contribution in [0.1, 0.15) is 45.1 Å². The van der Waals surface area contributed by atoms with Gasteiger partial charge in [0.2, 0.25) is 10.0 Å². The number of nitrogens with two attached hydrogens (primary N) is 1. The van der Waals surface area contributed by atoms with Gasteiger partial charge in [-0.1, -0.05) is 31.9 Å². The summed E-state index contributed by atoms with van der Waals surface area (Å²) >= 11 is 0. The van der Waals surface area contributed by atoms with Crippen molar-refractivity contribution in [2.75, 3.05) is 6.54 Å². The highest BCUT2D eigenvalue weighted by molar-refractivity contribution is 7.89. The second-order valence-corrected chi connectivity index (χ2v) is 7.82. The van der Waals surface area contributed by atoms with Crippen molar-refractivity contribution in [2.45, 2.75) is 62.9 Å². The summed E-state index contributed by atoms with van der Waals surface area (Å²) in [6.07, 6.45) is 4.85. The number of nitrogens with zero attached hydrogens (tertiary/aromatic N) is 1. The third kappa shape index (κ3) is 4.22. The van der Waals surface area contributed by atoms with Gasteiger partial charge in [0.05, 0.1) is 4.90 Å². The molecule has 2 unspecified atom stereocenters. The van der Waals surface area contributed by atoms with Gasteiger partial charge >= 0.3 is 0 Å². The van der Waals surface area contributed by atoms with Crippen LogP contribution >= 0.6 is 12.4 Å². The van der Waals surface area contributed by atoms with E-state index in [0.717, 1.165) is 32.1 Å². The van der Waals surface area contributed by atoms with E-state index in [1.807, 2.05) is 19.1 Å². The Kier molecular flexibility index (Phi) is 7.32. The van der Waals surface area contributed by atoms with Crippen molar-refractivity contribution in [2.24, 2.45) is 5.73 Å². The molecule has 0 amide bonds.